The van der Waals surface area contributed by atoms with E-state index in [0.29, 0.717) is 5.69 Å². The van der Waals surface area contributed by atoms with E-state index in [9.17, 15) is 4.79 Å². The van der Waals surface area contributed by atoms with E-state index in [1.54, 1.807) is 17.4 Å². The highest BCUT2D eigenvalue weighted by Gasteiger charge is 2.12. The monoisotopic (exact) mass is 246 g/mol. The average molecular weight is 246 g/mol. The second-order valence-electron chi connectivity index (χ2n) is 3.87. The third kappa shape index (κ3) is 2.91. The lowest BCUT2D eigenvalue weighted by Gasteiger charge is -2.11. The van der Waals surface area contributed by atoms with Gasteiger partial charge in [-0.1, -0.05) is 12.1 Å². The van der Waals surface area contributed by atoms with E-state index in [4.69, 9.17) is 0 Å². The number of aromatic nitrogens is 1. The fourth-order valence-electron chi connectivity index (χ4n) is 1.55. The van der Waals surface area contributed by atoms with E-state index in [0.717, 1.165) is 10.6 Å². The van der Waals surface area contributed by atoms with Crippen LogP contribution in [0.3, 0.4) is 0 Å². The lowest BCUT2D eigenvalue weighted by molar-refractivity contribution is 0.0935. The molecular formula is C13H14N2OS. The van der Waals surface area contributed by atoms with Crippen molar-refractivity contribution >= 4 is 17.2 Å². The maximum absolute atomic E-state index is 11.9. The number of rotatable bonds is 3. The van der Waals surface area contributed by atoms with Crippen LogP contribution in [0.1, 0.15) is 34.0 Å². The molecule has 0 saturated carbocycles. The first-order valence-corrected chi connectivity index (χ1v) is 6.32. The average Bonchev–Trinajstić information content (AvgIpc) is 2.82. The van der Waals surface area contributed by atoms with E-state index in [1.165, 1.54) is 0 Å². The third-order valence-corrected chi connectivity index (χ3v) is 3.49. The molecule has 1 N–H and O–H groups in total. The molecule has 3 nitrogen and oxygen atoms in total. The van der Waals surface area contributed by atoms with Gasteiger partial charge in [-0.25, -0.2) is 4.98 Å². The van der Waals surface area contributed by atoms with Gasteiger partial charge in [0.25, 0.3) is 5.91 Å². The fraction of sp³-hybridized carbons (Fsp3) is 0.231. The Balaban J connectivity index is 2.07. The summed E-state index contributed by atoms with van der Waals surface area (Å²) in [5, 5.41) is 4.94. The Morgan fingerprint density at radius 1 is 1.35 bits per heavy atom. The fourth-order valence-corrected chi connectivity index (χ4v) is 2.28. The van der Waals surface area contributed by atoms with Gasteiger partial charge < -0.3 is 5.32 Å². The Kier molecular flexibility index (Phi) is 3.54. The molecule has 2 rings (SSSR count). The van der Waals surface area contributed by atoms with Crippen LogP contribution < -0.4 is 5.32 Å². The molecular weight excluding hydrogens is 232 g/mol. The van der Waals surface area contributed by atoms with E-state index < -0.39 is 0 Å². The number of nitrogens with zero attached hydrogens (tertiary/aromatic N) is 1. The van der Waals surface area contributed by atoms with E-state index >= 15 is 0 Å². The van der Waals surface area contributed by atoms with Gasteiger partial charge in [-0.2, -0.15) is 0 Å². The van der Waals surface area contributed by atoms with Crippen LogP contribution in [0.5, 0.6) is 0 Å². The van der Waals surface area contributed by atoms with Gasteiger partial charge in [0.05, 0.1) is 6.04 Å². The lowest BCUT2D eigenvalue weighted by Crippen LogP contribution is -2.27. The van der Waals surface area contributed by atoms with Gasteiger partial charge in [-0.05, 0) is 37.4 Å². The predicted molar refractivity (Wildman–Crippen MR) is 69.2 cm³/mol. The molecule has 17 heavy (non-hydrogen) atoms. The number of carbonyl (C=O) groups is 1. The van der Waals surface area contributed by atoms with E-state index in [-0.39, 0.29) is 11.9 Å². The predicted octanol–water partition coefficient (Wildman–Crippen LogP) is 2.94. The molecule has 0 spiro atoms. The highest BCUT2D eigenvalue weighted by atomic mass is 32.1. The molecule has 0 bridgehead atoms. The first-order chi connectivity index (χ1) is 8.16. The first kappa shape index (κ1) is 11.8. The van der Waals surface area contributed by atoms with Gasteiger partial charge >= 0.3 is 0 Å². The number of pyridine rings is 1. The minimum absolute atomic E-state index is 0.0183. The SMILES string of the molecule is Cc1cccc(C(=O)N[C@H](C)c2cccs2)n1. The van der Waals surface area contributed by atoms with E-state index in [1.807, 2.05) is 43.5 Å². The van der Waals surface area contributed by atoms with Crippen LogP contribution in [0, 0.1) is 6.92 Å². The molecule has 0 aromatic carbocycles. The van der Waals surface area contributed by atoms with Crippen molar-refractivity contribution in [2.45, 2.75) is 19.9 Å². The lowest BCUT2D eigenvalue weighted by atomic mass is 10.2. The van der Waals surface area contributed by atoms with Crippen molar-refractivity contribution in [2.75, 3.05) is 0 Å². The van der Waals surface area contributed by atoms with Crippen molar-refractivity contribution in [1.29, 1.82) is 0 Å². The minimum Gasteiger partial charge on any atom is -0.343 e. The molecule has 4 heteroatoms. The van der Waals surface area contributed by atoms with Crippen molar-refractivity contribution < 1.29 is 4.79 Å². The smallest absolute Gasteiger partial charge is 0.270 e. The Hall–Kier alpha value is -1.68. The topological polar surface area (TPSA) is 42.0 Å². The molecule has 0 aliphatic rings. The second kappa shape index (κ2) is 5.10. The van der Waals surface area contributed by atoms with Gasteiger partial charge in [-0.15, -0.1) is 11.3 Å². The zero-order valence-corrected chi connectivity index (χ0v) is 10.6. The van der Waals surface area contributed by atoms with Crippen molar-refractivity contribution in [1.82, 2.24) is 10.3 Å². The molecule has 0 radical (unpaired) electrons. The molecule has 2 heterocycles. The van der Waals surface area contributed by atoms with Gasteiger partial charge in [0, 0.05) is 10.6 Å². The van der Waals surface area contributed by atoms with Crippen LogP contribution in [0.15, 0.2) is 35.7 Å². The number of carbonyl (C=O) groups excluding carboxylic acids is 1. The van der Waals surface area contributed by atoms with Gasteiger partial charge in [0.15, 0.2) is 0 Å². The summed E-state index contributed by atoms with van der Waals surface area (Å²) in [4.78, 5) is 17.3. The summed E-state index contributed by atoms with van der Waals surface area (Å²) in [5.74, 6) is -0.130. The summed E-state index contributed by atoms with van der Waals surface area (Å²) in [6, 6.07) is 9.45. The van der Waals surface area contributed by atoms with Crippen LogP contribution in [0.2, 0.25) is 0 Å². The summed E-state index contributed by atoms with van der Waals surface area (Å²) < 4.78 is 0. The normalized spacial score (nSPS) is 12.1. The van der Waals surface area contributed by atoms with Crippen LogP contribution in [0.4, 0.5) is 0 Å². The number of thiophene rings is 1. The number of hydrogen-bond donors (Lipinski definition) is 1. The van der Waals surface area contributed by atoms with Crippen molar-refractivity contribution in [3.63, 3.8) is 0 Å². The quantitative estimate of drug-likeness (QED) is 0.904. The van der Waals surface area contributed by atoms with Gasteiger partial charge in [-0.3, -0.25) is 4.79 Å². The first-order valence-electron chi connectivity index (χ1n) is 5.45. The van der Waals surface area contributed by atoms with E-state index in [2.05, 4.69) is 10.3 Å². The molecule has 2 aromatic heterocycles. The second-order valence-corrected chi connectivity index (χ2v) is 4.85. The van der Waals surface area contributed by atoms with Crippen molar-refractivity contribution in [2.24, 2.45) is 0 Å². The summed E-state index contributed by atoms with van der Waals surface area (Å²) in [7, 11) is 0. The summed E-state index contributed by atoms with van der Waals surface area (Å²) in [5.41, 5.74) is 1.31. The Morgan fingerprint density at radius 3 is 2.82 bits per heavy atom. The zero-order valence-electron chi connectivity index (χ0n) is 9.81. The van der Waals surface area contributed by atoms with Crippen LogP contribution in [0.25, 0.3) is 0 Å². The number of amides is 1. The molecule has 1 atom stereocenters. The summed E-state index contributed by atoms with van der Waals surface area (Å²) in [6.45, 7) is 3.85. The van der Waals surface area contributed by atoms with Crippen molar-refractivity contribution in [3.8, 4) is 0 Å². The Bertz CT molecular complexity index is 508. The number of aryl methyl sites for hydroxylation is 1. The summed E-state index contributed by atoms with van der Waals surface area (Å²) >= 11 is 1.64. The molecule has 1 amide bonds. The highest BCUT2D eigenvalue weighted by molar-refractivity contribution is 7.10. The molecule has 0 unspecified atom stereocenters. The Labute approximate surface area is 105 Å². The zero-order chi connectivity index (χ0) is 12.3. The van der Waals surface area contributed by atoms with Crippen molar-refractivity contribution in [3.05, 3.63) is 52.0 Å². The molecule has 0 aliphatic heterocycles. The number of nitrogens with one attached hydrogen (secondary N) is 1. The Morgan fingerprint density at radius 2 is 2.18 bits per heavy atom. The summed E-state index contributed by atoms with van der Waals surface area (Å²) in [6.07, 6.45) is 0. The highest BCUT2D eigenvalue weighted by Crippen LogP contribution is 2.18. The largest absolute Gasteiger partial charge is 0.343 e. The van der Waals surface area contributed by atoms with Gasteiger partial charge in [0.2, 0.25) is 0 Å². The number of hydrogen-bond acceptors (Lipinski definition) is 3. The maximum atomic E-state index is 11.9. The maximum Gasteiger partial charge on any atom is 0.270 e. The van der Waals surface area contributed by atoms with Crippen LogP contribution >= 0.6 is 11.3 Å². The molecule has 88 valence electrons. The molecule has 0 aliphatic carbocycles. The minimum atomic E-state index is -0.130. The third-order valence-electron chi connectivity index (χ3n) is 2.44. The standard InChI is InChI=1S/C13H14N2OS/c1-9-5-3-6-11(14-9)13(16)15-10(2)12-7-4-8-17-12/h3-8,10H,1-2H3,(H,15,16)/t10-/m1/s1. The van der Waals surface area contributed by atoms with Crippen LogP contribution in [-0.2, 0) is 0 Å². The molecule has 0 saturated heterocycles. The van der Waals surface area contributed by atoms with Gasteiger partial charge in [0.1, 0.15) is 5.69 Å². The molecule has 0 fully saturated rings. The van der Waals surface area contributed by atoms with Crippen LogP contribution in [-0.4, -0.2) is 10.9 Å². The molecule has 2 aromatic rings.